The Balaban J connectivity index is 4.28. The van der Waals surface area contributed by atoms with E-state index in [0.717, 1.165) is 19.3 Å². The number of aliphatic hydroxyl groups is 7. The lowest BCUT2D eigenvalue weighted by atomic mass is 9.96. The zero-order valence-corrected chi connectivity index (χ0v) is 9.87. The van der Waals surface area contributed by atoms with E-state index < -0.39 is 24.0 Å². The fourth-order valence-electron chi connectivity index (χ4n) is 1.42. The van der Waals surface area contributed by atoms with Gasteiger partial charge in [-0.25, -0.2) is 0 Å². The van der Waals surface area contributed by atoms with Gasteiger partial charge >= 0.3 is 11.8 Å². The molecule has 0 saturated heterocycles. The Bertz CT molecular complexity index is 219. The topological polar surface area (TPSA) is 142 Å². The summed E-state index contributed by atoms with van der Waals surface area (Å²) >= 11 is 0. The van der Waals surface area contributed by atoms with E-state index in [0.29, 0.717) is 6.42 Å². The van der Waals surface area contributed by atoms with Crippen LogP contribution < -0.4 is 0 Å². The molecule has 7 nitrogen and oxygen atoms in total. The summed E-state index contributed by atoms with van der Waals surface area (Å²) in [5, 5.41) is 62.6. The molecule has 104 valence electrons. The van der Waals surface area contributed by atoms with Gasteiger partial charge in [0, 0.05) is 6.42 Å². The first kappa shape index (κ1) is 16.7. The van der Waals surface area contributed by atoms with Gasteiger partial charge in [-0.2, -0.15) is 0 Å². The summed E-state index contributed by atoms with van der Waals surface area (Å²) in [5.41, 5.74) is 0. The van der Waals surface area contributed by atoms with Crippen LogP contribution in [-0.2, 0) is 0 Å². The maximum atomic E-state index is 9.31. The Kier molecular flexibility index (Phi) is 5.95. The van der Waals surface area contributed by atoms with Crippen molar-refractivity contribution >= 4 is 0 Å². The molecule has 0 aliphatic heterocycles. The SMILES string of the molecule is CCCCCCCC(O)(O)C(O)(O)C(O)(O)O. The molecule has 0 aromatic carbocycles. The molecule has 0 heterocycles. The highest BCUT2D eigenvalue weighted by molar-refractivity contribution is 4.87. The van der Waals surface area contributed by atoms with E-state index in [1.165, 1.54) is 0 Å². The highest BCUT2D eigenvalue weighted by Crippen LogP contribution is 2.30. The van der Waals surface area contributed by atoms with Crippen molar-refractivity contribution in [2.45, 2.75) is 63.0 Å². The fraction of sp³-hybridized carbons (Fsp3) is 1.00. The average Bonchev–Trinajstić information content (AvgIpc) is 2.15. The van der Waals surface area contributed by atoms with Gasteiger partial charge in [0.2, 0.25) is 5.79 Å². The molecule has 7 heteroatoms. The molecular formula is C10H22O7. The Hall–Kier alpha value is -0.280. The maximum Gasteiger partial charge on any atom is 0.338 e. The third-order valence-electron chi connectivity index (χ3n) is 2.65. The molecule has 0 aromatic heterocycles. The molecule has 17 heavy (non-hydrogen) atoms. The third-order valence-corrected chi connectivity index (χ3v) is 2.65. The van der Waals surface area contributed by atoms with E-state index >= 15 is 0 Å². The number of rotatable bonds is 8. The Morgan fingerprint density at radius 3 is 1.59 bits per heavy atom. The van der Waals surface area contributed by atoms with Gasteiger partial charge in [0.05, 0.1) is 0 Å². The van der Waals surface area contributed by atoms with E-state index in [9.17, 15) is 10.2 Å². The van der Waals surface area contributed by atoms with Gasteiger partial charge in [0.15, 0.2) is 0 Å². The van der Waals surface area contributed by atoms with Crippen LogP contribution in [0.1, 0.15) is 45.4 Å². The van der Waals surface area contributed by atoms with E-state index in [2.05, 4.69) is 0 Å². The minimum absolute atomic E-state index is 0.242. The van der Waals surface area contributed by atoms with Crippen molar-refractivity contribution < 1.29 is 35.7 Å². The van der Waals surface area contributed by atoms with Crippen molar-refractivity contribution in [1.82, 2.24) is 0 Å². The van der Waals surface area contributed by atoms with Gasteiger partial charge in [-0.15, -0.1) is 0 Å². The van der Waals surface area contributed by atoms with E-state index in [-0.39, 0.29) is 6.42 Å². The van der Waals surface area contributed by atoms with Gasteiger partial charge in [-0.05, 0) is 6.42 Å². The molecule has 0 aliphatic rings. The summed E-state index contributed by atoms with van der Waals surface area (Å²) in [6.45, 7) is 2.01. The average molecular weight is 254 g/mol. The second-order valence-corrected chi connectivity index (χ2v) is 4.29. The first-order valence-corrected chi connectivity index (χ1v) is 5.63. The van der Waals surface area contributed by atoms with E-state index in [1.54, 1.807) is 0 Å². The lowest BCUT2D eigenvalue weighted by molar-refractivity contribution is -0.509. The summed E-state index contributed by atoms with van der Waals surface area (Å²) in [6, 6.07) is 0. The molecule has 0 fully saturated rings. The van der Waals surface area contributed by atoms with Crippen LogP contribution in [0.4, 0.5) is 0 Å². The van der Waals surface area contributed by atoms with Crippen molar-refractivity contribution in [2.24, 2.45) is 0 Å². The lowest BCUT2D eigenvalue weighted by Gasteiger charge is -2.39. The largest absolute Gasteiger partial charge is 0.361 e. The van der Waals surface area contributed by atoms with Crippen LogP contribution in [0.5, 0.6) is 0 Å². The molecule has 0 aromatic rings. The highest BCUT2D eigenvalue weighted by atomic mass is 16.7. The second-order valence-electron chi connectivity index (χ2n) is 4.29. The van der Waals surface area contributed by atoms with Crippen LogP contribution in [0.2, 0.25) is 0 Å². The zero-order chi connectivity index (χ0) is 13.7. The predicted octanol–water partition coefficient (Wildman–Crippen LogP) is -1.66. The van der Waals surface area contributed by atoms with Gasteiger partial charge in [0.1, 0.15) is 0 Å². The summed E-state index contributed by atoms with van der Waals surface area (Å²) in [5.74, 6) is -11.1. The number of hydrogen-bond acceptors (Lipinski definition) is 7. The van der Waals surface area contributed by atoms with Crippen molar-refractivity contribution in [1.29, 1.82) is 0 Å². The molecule has 0 unspecified atom stereocenters. The van der Waals surface area contributed by atoms with Gasteiger partial charge < -0.3 is 35.7 Å². The minimum atomic E-state index is -4.01. The molecule has 0 spiro atoms. The van der Waals surface area contributed by atoms with Gasteiger partial charge in [0.25, 0.3) is 0 Å². The number of hydrogen-bond donors (Lipinski definition) is 7. The molecule has 0 bridgehead atoms. The summed E-state index contributed by atoms with van der Waals surface area (Å²) in [4.78, 5) is 0. The zero-order valence-electron chi connectivity index (χ0n) is 9.87. The van der Waals surface area contributed by atoms with Crippen molar-refractivity contribution in [2.75, 3.05) is 0 Å². The monoisotopic (exact) mass is 254 g/mol. The molecule has 0 amide bonds. The smallest absolute Gasteiger partial charge is 0.338 e. The molecule has 7 N–H and O–H groups in total. The third kappa shape index (κ3) is 4.47. The molecule has 0 saturated carbocycles. The first-order chi connectivity index (χ1) is 7.56. The minimum Gasteiger partial charge on any atom is -0.361 e. The second kappa shape index (κ2) is 6.05. The summed E-state index contributed by atoms with van der Waals surface area (Å²) < 4.78 is 0. The van der Waals surface area contributed by atoms with Crippen LogP contribution in [0.15, 0.2) is 0 Å². The van der Waals surface area contributed by atoms with E-state index in [4.69, 9.17) is 25.5 Å². The van der Waals surface area contributed by atoms with Crippen molar-refractivity contribution in [3.05, 3.63) is 0 Å². The molecular weight excluding hydrogens is 232 g/mol. The van der Waals surface area contributed by atoms with Crippen LogP contribution in [-0.4, -0.2) is 53.3 Å². The Labute approximate surface area is 99.6 Å². The quantitative estimate of drug-likeness (QED) is 0.203. The normalized spacial score (nSPS) is 14.1. The first-order valence-electron chi connectivity index (χ1n) is 5.63. The van der Waals surface area contributed by atoms with Crippen LogP contribution >= 0.6 is 0 Å². The van der Waals surface area contributed by atoms with E-state index in [1.807, 2.05) is 6.92 Å². The highest BCUT2D eigenvalue weighted by Gasteiger charge is 2.61. The van der Waals surface area contributed by atoms with Crippen LogP contribution in [0, 0.1) is 0 Å². The Morgan fingerprint density at radius 2 is 1.18 bits per heavy atom. The molecule has 0 rings (SSSR count). The number of unbranched alkanes of at least 4 members (excludes halogenated alkanes) is 4. The lowest BCUT2D eigenvalue weighted by Crippen LogP contribution is -2.68. The van der Waals surface area contributed by atoms with Crippen molar-refractivity contribution in [3.8, 4) is 0 Å². The van der Waals surface area contributed by atoms with Gasteiger partial charge in [-0.3, -0.25) is 0 Å². The fourth-order valence-corrected chi connectivity index (χ4v) is 1.42. The van der Waals surface area contributed by atoms with Crippen LogP contribution in [0.3, 0.4) is 0 Å². The van der Waals surface area contributed by atoms with Crippen LogP contribution in [0.25, 0.3) is 0 Å². The summed E-state index contributed by atoms with van der Waals surface area (Å²) in [7, 11) is 0. The standard InChI is InChI=1S/C10H22O7/c1-2-3-4-5-6-7-8(11,12)9(13,14)10(15,16)17/h11-17H,2-7H2,1H3. The van der Waals surface area contributed by atoms with Gasteiger partial charge in [-0.1, -0.05) is 32.6 Å². The maximum absolute atomic E-state index is 9.31. The molecule has 0 atom stereocenters. The summed E-state index contributed by atoms with van der Waals surface area (Å²) in [6.07, 6.45) is 3.18. The predicted molar refractivity (Wildman–Crippen MR) is 57.1 cm³/mol. The Morgan fingerprint density at radius 1 is 0.706 bits per heavy atom. The molecule has 0 radical (unpaired) electrons. The molecule has 0 aliphatic carbocycles. The van der Waals surface area contributed by atoms with Crippen molar-refractivity contribution in [3.63, 3.8) is 0 Å².